The molecule has 5 heteroatoms. The lowest BCUT2D eigenvalue weighted by atomic mass is 9.83. The molecule has 2 aliphatic rings. The first-order chi connectivity index (χ1) is 12.4. The molecular formula is C21H20O4S. The molecule has 2 aromatic carbocycles. The molecule has 0 radical (unpaired) electrons. The Morgan fingerprint density at radius 3 is 2.31 bits per heavy atom. The minimum Gasteiger partial charge on any atom is -0.496 e. The van der Waals surface area contributed by atoms with Gasteiger partial charge in [-0.25, -0.2) is 4.21 Å². The molecule has 1 atom stereocenters. The summed E-state index contributed by atoms with van der Waals surface area (Å²) in [5.41, 5.74) is 2.83. The fourth-order valence-electron chi connectivity index (χ4n) is 4.05. The highest BCUT2D eigenvalue weighted by Crippen LogP contribution is 2.55. The Balaban J connectivity index is 2.07. The van der Waals surface area contributed by atoms with Gasteiger partial charge in [0.15, 0.2) is 0 Å². The van der Waals surface area contributed by atoms with Crippen LogP contribution >= 0.6 is 0 Å². The third-order valence-electron chi connectivity index (χ3n) is 5.17. The van der Waals surface area contributed by atoms with Gasteiger partial charge in [-0.1, -0.05) is 26.0 Å². The highest BCUT2D eigenvalue weighted by Gasteiger charge is 2.45. The van der Waals surface area contributed by atoms with Crippen molar-refractivity contribution in [2.45, 2.75) is 25.2 Å². The van der Waals surface area contributed by atoms with Crippen molar-refractivity contribution in [2.75, 3.05) is 14.2 Å². The first-order valence-corrected chi connectivity index (χ1v) is 9.60. The van der Waals surface area contributed by atoms with Crippen LogP contribution < -0.4 is 9.47 Å². The molecule has 0 amide bonds. The SMILES string of the molecule is COc1ccc(OC)c2c1CC(C)(C)C2=C1C(=O)c2ccccc2S1=O. The summed E-state index contributed by atoms with van der Waals surface area (Å²) in [6.07, 6.45) is 0.697. The van der Waals surface area contributed by atoms with E-state index in [4.69, 9.17) is 9.47 Å². The first-order valence-electron chi connectivity index (χ1n) is 8.45. The van der Waals surface area contributed by atoms with E-state index in [-0.39, 0.29) is 11.2 Å². The molecule has 0 aromatic heterocycles. The van der Waals surface area contributed by atoms with Crippen molar-refractivity contribution in [1.29, 1.82) is 0 Å². The molecule has 0 spiro atoms. The van der Waals surface area contributed by atoms with E-state index in [1.165, 1.54) is 0 Å². The van der Waals surface area contributed by atoms with Crippen LogP contribution in [-0.2, 0) is 17.2 Å². The molecular weight excluding hydrogens is 348 g/mol. The molecule has 1 aliphatic heterocycles. The maximum absolute atomic E-state index is 13.2. The summed E-state index contributed by atoms with van der Waals surface area (Å²) in [7, 11) is 1.75. The van der Waals surface area contributed by atoms with Crippen LogP contribution in [-0.4, -0.2) is 24.2 Å². The zero-order chi connectivity index (χ0) is 18.6. The number of fused-ring (bicyclic) bond motifs is 2. The number of Topliss-reactive ketones (excluding diaryl/α,β-unsaturated/α-hetero) is 1. The summed E-state index contributed by atoms with van der Waals surface area (Å²) in [5.74, 6) is 1.28. The Morgan fingerprint density at radius 1 is 1.00 bits per heavy atom. The van der Waals surface area contributed by atoms with E-state index in [1.54, 1.807) is 32.4 Å². The number of allylic oxidation sites excluding steroid dienone is 2. The molecule has 2 aromatic rings. The van der Waals surface area contributed by atoms with Gasteiger partial charge in [-0.15, -0.1) is 0 Å². The summed E-state index contributed by atoms with van der Waals surface area (Å²) in [6, 6.07) is 10.9. The molecule has 1 aliphatic carbocycles. The van der Waals surface area contributed by atoms with Crippen LogP contribution in [0.1, 0.15) is 35.3 Å². The number of methoxy groups -OCH3 is 2. The standard InChI is InChI=1S/C21H20O4S/c1-21(2)11-13-14(24-3)9-10-15(25-4)17(13)18(21)20-19(22)12-7-5-6-8-16(12)26(20)23/h5-10H,11H2,1-4H3. The molecule has 0 saturated carbocycles. The van der Waals surface area contributed by atoms with E-state index in [0.29, 0.717) is 27.5 Å². The van der Waals surface area contributed by atoms with Crippen LogP contribution in [0.25, 0.3) is 5.57 Å². The maximum Gasteiger partial charge on any atom is 0.203 e. The van der Waals surface area contributed by atoms with Crippen molar-refractivity contribution in [2.24, 2.45) is 5.41 Å². The normalized spacial score (nSPS) is 22.9. The van der Waals surface area contributed by atoms with Gasteiger partial charge >= 0.3 is 0 Å². The van der Waals surface area contributed by atoms with Gasteiger partial charge < -0.3 is 9.47 Å². The monoisotopic (exact) mass is 368 g/mol. The number of carbonyl (C=O) groups is 1. The van der Waals surface area contributed by atoms with Crippen LogP contribution in [0.4, 0.5) is 0 Å². The Kier molecular flexibility index (Phi) is 3.81. The van der Waals surface area contributed by atoms with E-state index in [9.17, 15) is 9.00 Å². The largest absolute Gasteiger partial charge is 0.496 e. The Bertz CT molecular complexity index is 964. The molecule has 134 valence electrons. The van der Waals surface area contributed by atoms with Gasteiger partial charge in [0.25, 0.3) is 0 Å². The zero-order valence-corrected chi connectivity index (χ0v) is 16.0. The van der Waals surface area contributed by atoms with Gasteiger partial charge in [-0.05, 0) is 41.7 Å². The average Bonchev–Trinajstić information content (AvgIpc) is 3.04. The molecule has 4 nitrogen and oxygen atoms in total. The van der Waals surface area contributed by atoms with E-state index in [0.717, 1.165) is 22.4 Å². The molecule has 26 heavy (non-hydrogen) atoms. The van der Waals surface area contributed by atoms with Crippen molar-refractivity contribution in [1.82, 2.24) is 0 Å². The number of hydrogen-bond acceptors (Lipinski definition) is 4. The van der Waals surface area contributed by atoms with Gasteiger partial charge in [0.1, 0.15) is 11.5 Å². The minimum absolute atomic E-state index is 0.153. The lowest BCUT2D eigenvalue weighted by molar-refractivity contribution is 0.104. The van der Waals surface area contributed by atoms with Crippen molar-refractivity contribution in [3.05, 3.63) is 58.0 Å². The van der Waals surface area contributed by atoms with E-state index in [1.807, 2.05) is 18.2 Å². The molecule has 4 rings (SSSR count). The second-order valence-corrected chi connectivity index (χ2v) is 8.57. The smallest absolute Gasteiger partial charge is 0.203 e. The number of ether oxygens (including phenoxy) is 2. The summed E-state index contributed by atoms with van der Waals surface area (Å²) < 4.78 is 24.3. The number of hydrogen-bond donors (Lipinski definition) is 0. The van der Waals surface area contributed by atoms with Gasteiger partial charge in [-0.2, -0.15) is 0 Å². The Hall–Kier alpha value is -2.40. The first kappa shape index (κ1) is 17.0. The third kappa shape index (κ3) is 2.20. The predicted octanol–water partition coefficient (Wildman–Crippen LogP) is 4.00. The van der Waals surface area contributed by atoms with Crippen LogP contribution in [0.15, 0.2) is 46.2 Å². The number of ketones is 1. The highest BCUT2D eigenvalue weighted by molar-refractivity contribution is 7.91. The molecule has 1 heterocycles. The van der Waals surface area contributed by atoms with Crippen LogP contribution in [0.2, 0.25) is 0 Å². The molecule has 0 fully saturated rings. The van der Waals surface area contributed by atoms with Crippen LogP contribution in [0.5, 0.6) is 11.5 Å². The summed E-state index contributed by atoms with van der Waals surface area (Å²) in [6.45, 7) is 4.14. The Morgan fingerprint density at radius 2 is 1.65 bits per heavy atom. The average molecular weight is 368 g/mol. The summed E-state index contributed by atoms with van der Waals surface area (Å²) in [5, 5.41) is 0. The molecule has 1 unspecified atom stereocenters. The van der Waals surface area contributed by atoms with Crippen LogP contribution in [0.3, 0.4) is 0 Å². The van der Waals surface area contributed by atoms with Crippen molar-refractivity contribution >= 4 is 22.2 Å². The molecule has 0 bridgehead atoms. The number of rotatable bonds is 2. The van der Waals surface area contributed by atoms with Crippen molar-refractivity contribution in [3.8, 4) is 11.5 Å². The second-order valence-electron chi connectivity index (χ2n) is 7.18. The maximum atomic E-state index is 13.2. The number of carbonyl (C=O) groups excluding carboxylic acids is 1. The van der Waals surface area contributed by atoms with Gasteiger partial charge in [0.05, 0.1) is 34.8 Å². The lowest BCUT2D eigenvalue weighted by Crippen LogP contribution is -2.14. The lowest BCUT2D eigenvalue weighted by Gasteiger charge is -2.22. The van der Waals surface area contributed by atoms with Crippen molar-refractivity contribution in [3.63, 3.8) is 0 Å². The van der Waals surface area contributed by atoms with E-state index in [2.05, 4.69) is 13.8 Å². The highest BCUT2D eigenvalue weighted by atomic mass is 32.2. The van der Waals surface area contributed by atoms with Crippen molar-refractivity contribution < 1.29 is 18.5 Å². The molecule has 0 saturated heterocycles. The van der Waals surface area contributed by atoms with Crippen LogP contribution in [0, 0.1) is 5.41 Å². The van der Waals surface area contributed by atoms with Gasteiger partial charge in [0, 0.05) is 16.7 Å². The fraction of sp³-hybridized carbons (Fsp3) is 0.286. The Labute approximate surface area is 155 Å². The van der Waals surface area contributed by atoms with E-state index >= 15 is 0 Å². The topological polar surface area (TPSA) is 52.6 Å². The summed E-state index contributed by atoms with van der Waals surface area (Å²) in [4.78, 5) is 14.1. The van der Waals surface area contributed by atoms with Gasteiger partial charge in [0.2, 0.25) is 5.78 Å². The van der Waals surface area contributed by atoms with E-state index < -0.39 is 10.8 Å². The fourth-order valence-corrected chi connectivity index (χ4v) is 5.67. The molecule has 0 N–H and O–H groups in total. The van der Waals surface area contributed by atoms with Gasteiger partial charge in [-0.3, -0.25) is 4.79 Å². The minimum atomic E-state index is -1.49. The second kappa shape index (κ2) is 5.81. The zero-order valence-electron chi connectivity index (χ0n) is 15.2. The quantitative estimate of drug-likeness (QED) is 0.752. The third-order valence-corrected chi connectivity index (χ3v) is 6.68. The summed E-state index contributed by atoms with van der Waals surface area (Å²) >= 11 is 0. The predicted molar refractivity (Wildman–Crippen MR) is 101 cm³/mol. The number of benzene rings is 2.